The van der Waals surface area contributed by atoms with Crippen LogP contribution in [-0.2, 0) is 13.0 Å². The number of aryl methyl sites for hydroxylation is 2. The monoisotopic (exact) mass is 316 g/mol. The summed E-state index contributed by atoms with van der Waals surface area (Å²) in [5, 5.41) is 3.60. The number of hydrogen-bond acceptors (Lipinski definition) is 2. The molecule has 1 aromatic carbocycles. The average Bonchev–Trinajstić information content (AvgIpc) is 2.56. The van der Waals surface area contributed by atoms with Crippen LogP contribution in [0.15, 0.2) is 12.1 Å². The molecule has 0 bridgehead atoms. The lowest BCUT2D eigenvalue weighted by Gasteiger charge is -2.32. The van der Waals surface area contributed by atoms with Gasteiger partial charge in [-0.15, -0.1) is 0 Å². The summed E-state index contributed by atoms with van der Waals surface area (Å²) in [5.74, 6) is 0.974. The molecule has 2 rings (SSSR count). The van der Waals surface area contributed by atoms with E-state index in [9.17, 15) is 0 Å². The fraction of sp³-hybridized carbons (Fsp3) is 0.714. The van der Waals surface area contributed by atoms with E-state index >= 15 is 0 Å². The predicted molar refractivity (Wildman–Crippen MR) is 102 cm³/mol. The number of piperidine rings is 1. The Hall–Kier alpha value is -1.02. The molecule has 2 heteroatoms. The highest BCUT2D eigenvalue weighted by atomic mass is 15.1. The van der Waals surface area contributed by atoms with Gasteiger partial charge in [0.05, 0.1) is 0 Å². The molecule has 1 fully saturated rings. The van der Waals surface area contributed by atoms with E-state index in [1.54, 1.807) is 0 Å². The van der Waals surface area contributed by atoms with Crippen LogP contribution in [0.25, 0.3) is 0 Å². The topological polar surface area (TPSA) is 15.3 Å². The second-order valence-corrected chi connectivity index (χ2v) is 7.22. The van der Waals surface area contributed by atoms with E-state index in [-0.39, 0.29) is 0 Å². The predicted octanol–water partition coefficient (Wildman–Crippen LogP) is 5.39. The fourth-order valence-corrected chi connectivity index (χ4v) is 3.82. The van der Waals surface area contributed by atoms with E-state index in [1.807, 2.05) is 0 Å². The van der Waals surface area contributed by atoms with Crippen molar-refractivity contribution in [1.82, 2.24) is 4.90 Å². The van der Waals surface area contributed by atoms with Gasteiger partial charge in [-0.05, 0) is 74.4 Å². The van der Waals surface area contributed by atoms with Crippen LogP contribution in [0.4, 0.5) is 5.69 Å². The Labute approximate surface area is 143 Å². The second kappa shape index (κ2) is 9.32. The zero-order valence-corrected chi connectivity index (χ0v) is 15.8. The van der Waals surface area contributed by atoms with Crippen molar-refractivity contribution in [2.24, 2.45) is 5.92 Å². The van der Waals surface area contributed by atoms with Crippen molar-refractivity contribution in [3.63, 3.8) is 0 Å². The minimum atomic E-state index is 0.974. The third-order valence-corrected chi connectivity index (χ3v) is 5.29. The zero-order valence-electron chi connectivity index (χ0n) is 15.8. The van der Waals surface area contributed by atoms with Gasteiger partial charge < -0.3 is 5.32 Å². The summed E-state index contributed by atoms with van der Waals surface area (Å²) in [4.78, 5) is 2.67. The minimum absolute atomic E-state index is 0.974. The maximum Gasteiger partial charge on any atom is 0.0373 e. The van der Waals surface area contributed by atoms with Crippen LogP contribution >= 0.6 is 0 Å². The number of nitrogens with one attached hydrogen (secondary N) is 1. The Balaban J connectivity index is 2.03. The van der Waals surface area contributed by atoms with Gasteiger partial charge in [-0.2, -0.15) is 0 Å². The van der Waals surface area contributed by atoms with Crippen molar-refractivity contribution >= 4 is 5.69 Å². The van der Waals surface area contributed by atoms with E-state index in [1.165, 1.54) is 67.6 Å². The summed E-state index contributed by atoms with van der Waals surface area (Å²) >= 11 is 0. The van der Waals surface area contributed by atoms with Crippen LogP contribution in [0.1, 0.15) is 69.6 Å². The van der Waals surface area contributed by atoms with Gasteiger partial charge in [-0.25, -0.2) is 0 Å². The number of rotatable bonds is 8. The Kier molecular flexibility index (Phi) is 7.42. The van der Waals surface area contributed by atoms with Crippen LogP contribution in [0.5, 0.6) is 0 Å². The van der Waals surface area contributed by atoms with Crippen LogP contribution < -0.4 is 5.32 Å². The molecule has 0 amide bonds. The minimum Gasteiger partial charge on any atom is -0.385 e. The van der Waals surface area contributed by atoms with E-state index in [0.29, 0.717) is 0 Å². The highest BCUT2D eigenvalue weighted by Crippen LogP contribution is 2.26. The standard InChI is InChI=1S/C21H36N2/c1-5-8-18-9-12-23(13-10-18)16-20-15-21(22-11-6-2)17(4)14-19(20)7-3/h14-15,18,22H,5-13,16H2,1-4H3. The average molecular weight is 317 g/mol. The molecule has 1 aliphatic rings. The molecule has 2 nitrogen and oxygen atoms in total. The Morgan fingerprint density at radius 2 is 1.78 bits per heavy atom. The summed E-state index contributed by atoms with van der Waals surface area (Å²) in [6.45, 7) is 13.8. The molecule has 0 spiro atoms. The first-order chi connectivity index (χ1) is 11.2. The lowest BCUT2D eigenvalue weighted by molar-refractivity contribution is 0.171. The van der Waals surface area contributed by atoms with Gasteiger partial charge >= 0.3 is 0 Å². The third-order valence-electron chi connectivity index (χ3n) is 5.29. The van der Waals surface area contributed by atoms with Crippen molar-refractivity contribution in [1.29, 1.82) is 0 Å². The van der Waals surface area contributed by atoms with E-state index < -0.39 is 0 Å². The highest BCUT2D eigenvalue weighted by Gasteiger charge is 2.19. The number of hydrogen-bond donors (Lipinski definition) is 1. The normalized spacial score (nSPS) is 16.7. The molecule has 1 saturated heterocycles. The van der Waals surface area contributed by atoms with E-state index in [0.717, 1.165) is 25.4 Å². The molecule has 0 unspecified atom stereocenters. The van der Waals surface area contributed by atoms with Crippen molar-refractivity contribution in [3.8, 4) is 0 Å². The molecule has 0 aliphatic carbocycles. The van der Waals surface area contributed by atoms with Gasteiger partial charge in [0.15, 0.2) is 0 Å². The first-order valence-corrected chi connectivity index (χ1v) is 9.76. The van der Waals surface area contributed by atoms with Gasteiger partial charge in [0.1, 0.15) is 0 Å². The summed E-state index contributed by atoms with van der Waals surface area (Å²) in [7, 11) is 0. The summed E-state index contributed by atoms with van der Waals surface area (Å²) in [6, 6.07) is 4.82. The zero-order chi connectivity index (χ0) is 16.7. The molecule has 0 aromatic heterocycles. The van der Waals surface area contributed by atoms with Gasteiger partial charge in [-0.3, -0.25) is 4.90 Å². The Morgan fingerprint density at radius 1 is 1.04 bits per heavy atom. The van der Waals surface area contributed by atoms with Crippen LogP contribution in [0.2, 0.25) is 0 Å². The molecule has 0 saturated carbocycles. The molecule has 0 radical (unpaired) electrons. The van der Waals surface area contributed by atoms with Crippen molar-refractivity contribution in [3.05, 3.63) is 28.8 Å². The Bertz CT molecular complexity index is 473. The van der Waals surface area contributed by atoms with Crippen molar-refractivity contribution in [2.75, 3.05) is 25.0 Å². The first kappa shape index (κ1) is 18.3. The molecule has 1 aliphatic heterocycles. The van der Waals surface area contributed by atoms with Crippen LogP contribution in [-0.4, -0.2) is 24.5 Å². The number of benzene rings is 1. The largest absolute Gasteiger partial charge is 0.385 e. The Morgan fingerprint density at radius 3 is 2.39 bits per heavy atom. The smallest absolute Gasteiger partial charge is 0.0373 e. The fourth-order valence-electron chi connectivity index (χ4n) is 3.82. The summed E-state index contributed by atoms with van der Waals surface area (Å²) in [5.41, 5.74) is 5.78. The third kappa shape index (κ3) is 5.24. The van der Waals surface area contributed by atoms with E-state index in [4.69, 9.17) is 0 Å². The maximum atomic E-state index is 3.60. The highest BCUT2D eigenvalue weighted by molar-refractivity contribution is 5.55. The maximum absolute atomic E-state index is 3.60. The number of likely N-dealkylation sites (tertiary alicyclic amines) is 1. The molecule has 1 aromatic rings. The van der Waals surface area contributed by atoms with Gasteiger partial charge in [0.25, 0.3) is 0 Å². The van der Waals surface area contributed by atoms with Gasteiger partial charge in [0.2, 0.25) is 0 Å². The number of nitrogens with zero attached hydrogens (tertiary/aromatic N) is 1. The lowest BCUT2D eigenvalue weighted by Crippen LogP contribution is -2.33. The summed E-state index contributed by atoms with van der Waals surface area (Å²) in [6.07, 6.45) is 7.86. The van der Waals surface area contributed by atoms with Crippen molar-refractivity contribution < 1.29 is 0 Å². The first-order valence-electron chi connectivity index (χ1n) is 9.76. The molecular weight excluding hydrogens is 280 g/mol. The second-order valence-electron chi connectivity index (χ2n) is 7.22. The molecular formula is C21H36N2. The SMILES string of the molecule is CCCNc1cc(CN2CCC(CCC)CC2)c(CC)cc1C. The summed E-state index contributed by atoms with van der Waals surface area (Å²) < 4.78 is 0. The van der Waals surface area contributed by atoms with Gasteiger partial charge in [0, 0.05) is 18.8 Å². The molecule has 23 heavy (non-hydrogen) atoms. The molecule has 1 N–H and O–H groups in total. The van der Waals surface area contributed by atoms with E-state index in [2.05, 4.69) is 50.0 Å². The quantitative estimate of drug-likeness (QED) is 0.691. The van der Waals surface area contributed by atoms with Crippen molar-refractivity contribution in [2.45, 2.75) is 72.8 Å². The lowest BCUT2D eigenvalue weighted by atomic mass is 9.92. The van der Waals surface area contributed by atoms with Crippen LogP contribution in [0.3, 0.4) is 0 Å². The molecule has 1 heterocycles. The van der Waals surface area contributed by atoms with Crippen LogP contribution in [0, 0.1) is 12.8 Å². The molecule has 130 valence electrons. The van der Waals surface area contributed by atoms with Gasteiger partial charge in [-0.1, -0.05) is 39.7 Å². The number of anilines is 1. The molecule has 0 atom stereocenters.